The number of hydrogen-bond donors (Lipinski definition) is 4. The summed E-state index contributed by atoms with van der Waals surface area (Å²) < 4.78 is 0. The molecule has 1 aromatic rings. The Balaban J connectivity index is 0.00000729. The summed E-state index contributed by atoms with van der Waals surface area (Å²) in [6.45, 7) is 9.38. The average Bonchev–Trinajstić information content (AvgIpc) is 2.71. The van der Waals surface area contributed by atoms with Crippen molar-refractivity contribution in [2.24, 2.45) is 10.4 Å². The van der Waals surface area contributed by atoms with Gasteiger partial charge in [-0.1, -0.05) is 32.0 Å². The molecule has 0 saturated heterocycles. The lowest BCUT2D eigenvalue weighted by Gasteiger charge is -2.29. The molecule has 4 N–H and O–H groups in total. The van der Waals surface area contributed by atoms with Crippen molar-refractivity contribution in [1.82, 2.24) is 16.0 Å². The molecule has 28 heavy (non-hydrogen) atoms. The second kappa shape index (κ2) is 15.6. The second-order valence-corrected chi connectivity index (χ2v) is 6.78. The number of benzene rings is 1. The van der Waals surface area contributed by atoms with E-state index in [1.165, 1.54) is 0 Å². The minimum Gasteiger partial charge on any atom is -0.396 e. The van der Waals surface area contributed by atoms with Gasteiger partial charge in [-0.05, 0) is 50.2 Å². The van der Waals surface area contributed by atoms with Crippen LogP contribution in [0.4, 0.5) is 0 Å². The van der Waals surface area contributed by atoms with Crippen molar-refractivity contribution in [1.29, 1.82) is 0 Å². The van der Waals surface area contributed by atoms with Gasteiger partial charge in [0, 0.05) is 38.3 Å². The predicted octanol–water partition coefficient (Wildman–Crippen LogP) is 3.17. The molecule has 0 bridgehead atoms. The Labute approximate surface area is 187 Å². The molecule has 0 aliphatic rings. The van der Waals surface area contributed by atoms with Crippen molar-refractivity contribution >= 4 is 35.8 Å². The molecular formula is C21H37IN4O2. The Morgan fingerprint density at radius 1 is 1.04 bits per heavy atom. The summed E-state index contributed by atoms with van der Waals surface area (Å²) in [5.41, 5.74) is 0.737. The van der Waals surface area contributed by atoms with Crippen LogP contribution in [0, 0.1) is 5.41 Å². The number of carbonyl (C=O) groups is 1. The Morgan fingerprint density at radius 3 is 2.25 bits per heavy atom. The van der Waals surface area contributed by atoms with E-state index in [0.29, 0.717) is 18.7 Å². The molecule has 6 nitrogen and oxygen atoms in total. The maximum Gasteiger partial charge on any atom is 0.251 e. The minimum absolute atomic E-state index is 0. The Hall–Kier alpha value is -1.35. The summed E-state index contributed by atoms with van der Waals surface area (Å²) in [6, 6.07) is 9.24. The van der Waals surface area contributed by atoms with Crippen LogP contribution in [0.3, 0.4) is 0 Å². The number of guanidine groups is 1. The van der Waals surface area contributed by atoms with Crippen LogP contribution in [0.1, 0.15) is 56.8 Å². The third kappa shape index (κ3) is 9.73. The molecule has 0 aliphatic carbocycles. The first kappa shape index (κ1) is 26.6. The van der Waals surface area contributed by atoms with E-state index in [2.05, 4.69) is 29.8 Å². The zero-order valence-electron chi connectivity index (χ0n) is 17.5. The Morgan fingerprint density at radius 2 is 1.68 bits per heavy atom. The first-order valence-electron chi connectivity index (χ1n) is 10.1. The van der Waals surface area contributed by atoms with Gasteiger partial charge < -0.3 is 21.1 Å². The van der Waals surface area contributed by atoms with E-state index in [0.717, 1.165) is 44.7 Å². The highest BCUT2D eigenvalue weighted by Gasteiger charge is 2.25. The number of amides is 1. The van der Waals surface area contributed by atoms with Crippen LogP contribution in [0.2, 0.25) is 0 Å². The molecule has 0 fully saturated rings. The van der Waals surface area contributed by atoms with Crippen molar-refractivity contribution in [2.45, 2.75) is 46.5 Å². The van der Waals surface area contributed by atoms with Crippen molar-refractivity contribution in [3.05, 3.63) is 35.9 Å². The van der Waals surface area contributed by atoms with Gasteiger partial charge in [-0.25, -0.2) is 0 Å². The van der Waals surface area contributed by atoms with Crippen molar-refractivity contribution in [3.8, 4) is 0 Å². The van der Waals surface area contributed by atoms with Gasteiger partial charge in [0.15, 0.2) is 5.96 Å². The van der Waals surface area contributed by atoms with E-state index in [4.69, 9.17) is 4.99 Å². The van der Waals surface area contributed by atoms with Crippen LogP contribution >= 0.6 is 24.0 Å². The number of halogens is 1. The molecule has 0 aromatic heterocycles. The summed E-state index contributed by atoms with van der Waals surface area (Å²) >= 11 is 0. The molecule has 160 valence electrons. The predicted molar refractivity (Wildman–Crippen MR) is 128 cm³/mol. The first-order valence-corrected chi connectivity index (χ1v) is 10.1. The van der Waals surface area contributed by atoms with Crippen LogP contribution in [0.25, 0.3) is 0 Å². The summed E-state index contributed by atoms with van der Waals surface area (Å²) in [6.07, 6.45) is 3.58. The van der Waals surface area contributed by atoms with E-state index < -0.39 is 0 Å². The Bertz CT molecular complexity index is 563. The number of aliphatic hydroxyl groups excluding tert-OH is 1. The highest BCUT2D eigenvalue weighted by Crippen LogP contribution is 2.30. The van der Waals surface area contributed by atoms with E-state index in [-0.39, 0.29) is 41.9 Å². The average molecular weight is 504 g/mol. The molecule has 1 aromatic carbocycles. The molecule has 0 saturated carbocycles. The molecule has 0 atom stereocenters. The third-order valence-corrected chi connectivity index (χ3v) is 5.03. The summed E-state index contributed by atoms with van der Waals surface area (Å²) in [5.74, 6) is 0.743. The van der Waals surface area contributed by atoms with Crippen molar-refractivity contribution < 1.29 is 9.90 Å². The summed E-state index contributed by atoms with van der Waals surface area (Å²) in [5, 5.41) is 18.9. The maximum absolute atomic E-state index is 12.0. The van der Waals surface area contributed by atoms with Crippen molar-refractivity contribution in [3.63, 3.8) is 0 Å². The second-order valence-electron chi connectivity index (χ2n) is 6.78. The monoisotopic (exact) mass is 504 g/mol. The fourth-order valence-electron chi connectivity index (χ4n) is 2.92. The third-order valence-electron chi connectivity index (χ3n) is 5.03. The minimum atomic E-state index is -0.0455. The standard InChI is InChI=1S/C21H36N4O2.HI/c1-4-21(5-2,13-16-26)17-25-20(22-6-3)24-15-10-14-23-19(27)18-11-8-7-9-12-18;/h7-9,11-12,26H,4-6,10,13-17H2,1-3H3,(H,23,27)(H2,22,24,25);1H. The first-order chi connectivity index (χ1) is 13.1. The Kier molecular flexibility index (Phi) is 14.8. The number of carbonyl (C=O) groups excluding carboxylic acids is 1. The molecular weight excluding hydrogens is 467 g/mol. The van der Waals surface area contributed by atoms with E-state index in [9.17, 15) is 9.90 Å². The van der Waals surface area contributed by atoms with Gasteiger partial charge in [0.2, 0.25) is 0 Å². The summed E-state index contributed by atoms with van der Waals surface area (Å²) in [7, 11) is 0. The highest BCUT2D eigenvalue weighted by molar-refractivity contribution is 14.0. The number of hydrogen-bond acceptors (Lipinski definition) is 3. The number of nitrogens with one attached hydrogen (secondary N) is 3. The van der Waals surface area contributed by atoms with Gasteiger partial charge in [0.25, 0.3) is 5.91 Å². The van der Waals surface area contributed by atoms with Gasteiger partial charge in [0.05, 0.1) is 0 Å². The normalized spacial score (nSPS) is 11.5. The molecule has 0 spiro atoms. The number of aliphatic imine (C=N–C) groups is 1. The lowest BCUT2D eigenvalue weighted by Crippen LogP contribution is -2.40. The molecule has 7 heteroatoms. The molecule has 1 amide bonds. The molecule has 1 rings (SSSR count). The van der Waals surface area contributed by atoms with Crippen LogP contribution < -0.4 is 16.0 Å². The van der Waals surface area contributed by atoms with Crippen LogP contribution in [-0.2, 0) is 0 Å². The molecule has 0 radical (unpaired) electrons. The lowest BCUT2D eigenvalue weighted by molar-refractivity contribution is 0.0953. The topological polar surface area (TPSA) is 85.8 Å². The zero-order valence-corrected chi connectivity index (χ0v) is 19.8. The van der Waals surface area contributed by atoms with Gasteiger partial charge >= 0.3 is 0 Å². The quantitative estimate of drug-likeness (QED) is 0.153. The molecule has 0 aliphatic heterocycles. The van der Waals surface area contributed by atoms with E-state index >= 15 is 0 Å². The largest absolute Gasteiger partial charge is 0.396 e. The SMILES string of the molecule is CCNC(=NCC(CC)(CC)CCO)NCCCNC(=O)c1ccccc1.I. The van der Waals surface area contributed by atoms with Crippen molar-refractivity contribution in [2.75, 3.05) is 32.8 Å². The number of nitrogens with zero attached hydrogens (tertiary/aromatic N) is 1. The summed E-state index contributed by atoms with van der Waals surface area (Å²) in [4.78, 5) is 16.7. The molecule has 0 heterocycles. The highest BCUT2D eigenvalue weighted by atomic mass is 127. The fourth-order valence-corrected chi connectivity index (χ4v) is 2.92. The van der Waals surface area contributed by atoms with E-state index in [1.807, 2.05) is 37.3 Å². The smallest absolute Gasteiger partial charge is 0.251 e. The molecule has 0 unspecified atom stereocenters. The van der Waals surface area contributed by atoms with Gasteiger partial charge in [-0.15, -0.1) is 24.0 Å². The fraction of sp³-hybridized carbons (Fsp3) is 0.619. The van der Waals surface area contributed by atoms with E-state index in [1.54, 1.807) is 0 Å². The van der Waals surface area contributed by atoms with Gasteiger partial charge in [-0.2, -0.15) is 0 Å². The number of aliphatic hydroxyl groups is 1. The van der Waals surface area contributed by atoms with Gasteiger partial charge in [-0.3, -0.25) is 9.79 Å². The zero-order chi connectivity index (χ0) is 20.0. The van der Waals surface area contributed by atoms with Crippen LogP contribution in [0.15, 0.2) is 35.3 Å². The van der Waals surface area contributed by atoms with Crippen LogP contribution in [0.5, 0.6) is 0 Å². The number of rotatable bonds is 12. The van der Waals surface area contributed by atoms with Crippen LogP contribution in [-0.4, -0.2) is 49.8 Å². The lowest BCUT2D eigenvalue weighted by atomic mass is 9.79. The van der Waals surface area contributed by atoms with Gasteiger partial charge in [0.1, 0.15) is 0 Å². The maximum atomic E-state index is 12.0.